The Bertz CT molecular complexity index is 1360. The molecule has 3 aromatic carbocycles. The van der Waals surface area contributed by atoms with Crippen molar-refractivity contribution in [2.45, 2.75) is 31.5 Å². The Morgan fingerprint density at radius 3 is 1.92 bits per heavy atom. The normalized spacial score (nSPS) is 12.4. The molecule has 2 unspecified atom stereocenters. The maximum Gasteiger partial charge on any atom is 0.408 e. The molecule has 4 rings (SSSR count). The predicted molar refractivity (Wildman–Crippen MR) is 152 cm³/mol. The van der Waals surface area contributed by atoms with Crippen molar-refractivity contribution >= 4 is 18.1 Å². The van der Waals surface area contributed by atoms with E-state index in [0.29, 0.717) is 12.8 Å². The highest BCUT2D eigenvalue weighted by Gasteiger charge is 2.24. The van der Waals surface area contributed by atoms with Crippen molar-refractivity contribution in [3.63, 3.8) is 0 Å². The molecule has 0 aliphatic rings. The van der Waals surface area contributed by atoms with Gasteiger partial charge in [-0.1, -0.05) is 97.1 Å². The molecule has 0 aliphatic carbocycles. The molecular weight excluding hydrogens is 486 g/mol. The molecule has 0 bridgehead atoms. The van der Waals surface area contributed by atoms with Crippen LogP contribution in [0.25, 0.3) is 6.08 Å². The van der Waals surface area contributed by atoms with Gasteiger partial charge in [0.25, 0.3) is 0 Å². The van der Waals surface area contributed by atoms with Crippen molar-refractivity contribution < 1.29 is 18.9 Å². The summed E-state index contributed by atoms with van der Waals surface area (Å²) in [5, 5.41) is 5.94. The zero-order chi connectivity index (χ0) is 27.3. The number of ether oxygens (including phenoxy) is 1. The maximum atomic E-state index is 13.6. The van der Waals surface area contributed by atoms with Gasteiger partial charge in [-0.15, -0.1) is 0 Å². The summed E-state index contributed by atoms with van der Waals surface area (Å²) in [6.45, 7) is 0.125. The Balaban J connectivity index is 1.50. The molecule has 2 N–H and O–H groups in total. The molecule has 0 saturated carbocycles. The number of alkyl carbamates (subject to hydrolysis) is 1. The Morgan fingerprint density at radius 2 is 1.31 bits per heavy atom. The second-order valence-corrected chi connectivity index (χ2v) is 9.35. The summed E-state index contributed by atoms with van der Waals surface area (Å²) in [5.74, 6) is -0.279. The minimum Gasteiger partial charge on any atom is -0.445 e. The molecule has 39 heavy (non-hydrogen) atoms. The number of nitrogens with zero attached hydrogens (tertiary/aromatic N) is 1. The van der Waals surface area contributed by atoms with Crippen LogP contribution in [0.3, 0.4) is 0 Å². The van der Waals surface area contributed by atoms with Crippen LogP contribution in [0.5, 0.6) is 0 Å². The van der Waals surface area contributed by atoms with Crippen LogP contribution in [0.15, 0.2) is 121 Å². The average molecular weight is 521 g/mol. The fourth-order valence-corrected chi connectivity index (χ4v) is 4.21. The highest BCUT2D eigenvalue weighted by Crippen LogP contribution is 2.09. The van der Waals surface area contributed by atoms with E-state index < -0.39 is 12.1 Å². The number of amides is 2. The van der Waals surface area contributed by atoms with Crippen LogP contribution in [-0.4, -0.2) is 24.1 Å². The van der Waals surface area contributed by atoms with Crippen molar-refractivity contribution in [1.29, 1.82) is 0 Å². The number of pyridine rings is 1. The molecule has 0 saturated heterocycles. The van der Waals surface area contributed by atoms with E-state index in [1.54, 1.807) is 0 Å². The first-order valence-electron chi connectivity index (χ1n) is 13.0. The third-order valence-electron chi connectivity index (χ3n) is 6.32. The van der Waals surface area contributed by atoms with Gasteiger partial charge in [0.2, 0.25) is 11.6 Å². The Hall–Kier alpha value is -4.71. The topological polar surface area (TPSA) is 71.3 Å². The zero-order valence-corrected chi connectivity index (χ0v) is 22.1. The van der Waals surface area contributed by atoms with Gasteiger partial charge in [-0.3, -0.25) is 4.79 Å². The quantitative estimate of drug-likeness (QED) is 0.280. The summed E-state index contributed by atoms with van der Waals surface area (Å²) in [6.07, 6.45) is 6.28. The van der Waals surface area contributed by atoms with Gasteiger partial charge in [0.05, 0.1) is 6.04 Å². The lowest BCUT2D eigenvalue weighted by Gasteiger charge is -2.22. The summed E-state index contributed by atoms with van der Waals surface area (Å²) in [5.41, 5.74) is 3.92. The molecule has 1 heterocycles. The number of hydrogen-bond acceptors (Lipinski definition) is 3. The van der Waals surface area contributed by atoms with Crippen LogP contribution in [0.1, 0.15) is 22.4 Å². The lowest BCUT2D eigenvalue weighted by molar-refractivity contribution is -0.673. The van der Waals surface area contributed by atoms with Gasteiger partial charge in [-0.25, -0.2) is 9.36 Å². The van der Waals surface area contributed by atoms with Crippen LogP contribution in [0.4, 0.5) is 4.79 Å². The van der Waals surface area contributed by atoms with Gasteiger partial charge in [0, 0.05) is 24.6 Å². The van der Waals surface area contributed by atoms with Gasteiger partial charge in [-0.2, -0.15) is 0 Å². The van der Waals surface area contributed by atoms with E-state index in [2.05, 4.69) is 10.6 Å². The Morgan fingerprint density at radius 1 is 0.744 bits per heavy atom. The van der Waals surface area contributed by atoms with E-state index in [0.717, 1.165) is 22.4 Å². The van der Waals surface area contributed by atoms with Gasteiger partial charge in [0.1, 0.15) is 19.7 Å². The zero-order valence-electron chi connectivity index (χ0n) is 22.1. The number of benzene rings is 3. The summed E-state index contributed by atoms with van der Waals surface area (Å²) in [7, 11) is 1.98. The van der Waals surface area contributed by atoms with Gasteiger partial charge < -0.3 is 15.4 Å². The van der Waals surface area contributed by atoms with Crippen LogP contribution in [0.2, 0.25) is 0 Å². The molecule has 0 radical (unpaired) electrons. The fourth-order valence-electron chi connectivity index (χ4n) is 4.21. The first-order valence-corrected chi connectivity index (χ1v) is 13.0. The van der Waals surface area contributed by atoms with E-state index in [1.165, 1.54) is 0 Å². The van der Waals surface area contributed by atoms with E-state index in [-0.39, 0.29) is 18.6 Å². The lowest BCUT2D eigenvalue weighted by atomic mass is 10.0. The minimum absolute atomic E-state index is 0.125. The molecule has 2 atom stereocenters. The van der Waals surface area contributed by atoms with Crippen LogP contribution < -0.4 is 15.2 Å². The molecule has 1 aromatic heterocycles. The molecule has 2 amide bonds. The smallest absolute Gasteiger partial charge is 0.408 e. The van der Waals surface area contributed by atoms with Gasteiger partial charge in [0.15, 0.2) is 6.20 Å². The summed E-state index contributed by atoms with van der Waals surface area (Å²) in [6, 6.07) is 33.9. The minimum atomic E-state index is -0.810. The van der Waals surface area contributed by atoms with Gasteiger partial charge in [-0.05, 0) is 29.2 Å². The van der Waals surface area contributed by atoms with Crippen LogP contribution >= 0.6 is 0 Å². The number of carbonyl (C=O) groups excluding carboxylic acids is 2. The second kappa shape index (κ2) is 14.3. The first kappa shape index (κ1) is 27.3. The van der Waals surface area contributed by atoms with E-state index in [1.807, 2.05) is 139 Å². The van der Waals surface area contributed by atoms with Crippen LogP contribution in [0, 0.1) is 0 Å². The molecule has 0 fully saturated rings. The molecule has 198 valence electrons. The Kier molecular flexibility index (Phi) is 10.0. The van der Waals surface area contributed by atoms with Crippen molar-refractivity contribution in [3.05, 3.63) is 144 Å². The number of nitrogens with one attached hydrogen (secondary N) is 2. The van der Waals surface area contributed by atoms with Gasteiger partial charge >= 0.3 is 6.09 Å². The molecule has 4 aromatic rings. The number of carbonyl (C=O) groups is 2. The third-order valence-corrected chi connectivity index (χ3v) is 6.32. The van der Waals surface area contributed by atoms with E-state index >= 15 is 0 Å². The molecule has 6 nitrogen and oxygen atoms in total. The number of aryl methyl sites for hydroxylation is 1. The number of hydrogen-bond donors (Lipinski definition) is 2. The summed E-state index contributed by atoms with van der Waals surface area (Å²) < 4.78 is 7.43. The predicted octanol–water partition coefficient (Wildman–Crippen LogP) is 4.79. The third kappa shape index (κ3) is 8.97. The second-order valence-electron chi connectivity index (χ2n) is 9.35. The van der Waals surface area contributed by atoms with E-state index in [4.69, 9.17) is 4.74 Å². The molecular formula is C33H34N3O3+. The van der Waals surface area contributed by atoms with Crippen molar-refractivity contribution in [1.82, 2.24) is 10.6 Å². The van der Waals surface area contributed by atoms with Crippen molar-refractivity contribution in [2.75, 3.05) is 0 Å². The highest BCUT2D eigenvalue weighted by molar-refractivity contribution is 5.86. The largest absolute Gasteiger partial charge is 0.445 e. The molecule has 6 heteroatoms. The summed E-state index contributed by atoms with van der Waals surface area (Å²) in [4.78, 5) is 26.3. The first-order chi connectivity index (χ1) is 19.1. The van der Waals surface area contributed by atoms with Crippen molar-refractivity contribution in [2.24, 2.45) is 7.05 Å². The highest BCUT2D eigenvalue weighted by atomic mass is 16.5. The summed E-state index contributed by atoms with van der Waals surface area (Å²) >= 11 is 0. The Labute approximate surface area is 230 Å². The number of rotatable bonds is 11. The molecule has 0 aliphatic heterocycles. The monoisotopic (exact) mass is 520 g/mol. The maximum absolute atomic E-state index is 13.6. The lowest BCUT2D eigenvalue weighted by Crippen LogP contribution is -2.51. The van der Waals surface area contributed by atoms with Crippen LogP contribution in [-0.2, 0) is 36.0 Å². The molecule has 0 spiro atoms. The SMILES string of the molecule is C[n+]1ccccc1C=CC(Cc1ccccc1)NC(=O)C(Cc1ccccc1)NC(=O)OCc1ccccc1. The number of aromatic nitrogens is 1. The standard InChI is InChI=1S/C33H33N3O3/c1-36-22-12-11-19-30(36)21-20-29(23-26-13-5-2-6-14-26)34-32(37)31(24-27-15-7-3-8-16-27)35-33(38)39-25-28-17-9-4-10-18-28/h2-22,29,31H,23-25H2,1H3,(H-,34,35,37,38)/p+1. The average Bonchev–Trinajstić information content (AvgIpc) is 2.97. The van der Waals surface area contributed by atoms with Crippen molar-refractivity contribution in [3.8, 4) is 0 Å². The van der Waals surface area contributed by atoms with E-state index in [9.17, 15) is 9.59 Å². The fraction of sp³-hybridized carbons (Fsp3) is 0.182.